The van der Waals surface area contributed by atoms with Crippen molar-refractivity contribution < 1.29 is 4.79 Å². The first-order chi connectivity index (χ1) is 9.54. The van der Waals surface area contributed by atoms with Gasteiger partial charge in [-0.25, -0.2) is 0 Å². The molecule has 0 spiro atoms. The third-order valence-electron chi connectivity index (χ3n) is 2.61. The van der Waals surface area contributed by atoms with Crippen molar-refractivity contribution in [1.29, 1.82) is 0 Å². The maximum atomic E-state index is 12.2. The fourth-order valence-electron chi connectivity index (χ4n) is 1.62. The molecule has 7 heteroatoms. The first-order valence-corrected chi connectivity index (χ1v) is 7.10. The first-order valence-electron chi connectivity index (χ1n) is 5.55. The summed E-state index contributed by atoms with van der Waals surface area (Å²) < 4.78 is 0.659. The second-order valence-corrected chi connectivity index (χ2v) is 5.48. The lowest BCUT2D eigenvalue weighted by molar-refractivity contribution is 0.102. The van der Waals surface area contributed by atoms with Crippen LogP contribution in [0.4, 0.5) is 11.4 Å². The zero-order valence-corrected chi connectivity index (χ0v) is 13.2. The van der Waals surface area contributed by atoms with Crippen LogP contribution in [0.25, 0.3) is 0 Å². The Labute approximate surface area is 134 Å². The van der Waals surface area contributed by atoms with Crippen molar-refractivity contribution in [3.05, 3.63) is 56.5 Å². The number of hydrazine groups is 1. The Hall–Kier alpha value is -1.27. The zero-order chi connectivity index (χ0) is 14.7. The number of carbonyl (C=O) groups excluding carboxylic acids is 1. The van der Waals surface area contributed by atoms with Crippen molar-refractivity contribution in [2.45, 2.75) is 0 Å². The van der Waals surface area contributed by atoms with Crippen LogP contribution in [-0.4, -0.2) is 5.91 Å². The molecule has 0 aliphatic heterocycles. The van der Waals surface area contributed by atoms with Gasteiger partial charge in [0, 0.05) is 4.47 Å². The molecule has 2 aromatic rings. The molecule has 0 saturated carbocycles. The van der Waals surface area contributed by atoms with E-state index in [-0.39, 0.29) is 10.9 Å². The van der Waals surface area contributed by atoms with E-state index in [1.54, 1.807) is 36.4 Å². The van der Waals surface area contributed by atoms with Crippen LogP contribution in [0.5, 0.6) is 0 Å². The number of rotatable bonds is 3. The van der Waals surface area contributed by atoms with E-state index in [9.17, 15) is 4.79 Å². The second kappa shape index (κ2) is 6.45. The summed E-state index contributed by atoms with van der Waals surface area (Å²) in [6.07, 6.45) is 0. The Morgan fingerprint density at radius 2 is 1.75 bits per heavy atom. The van der Waals surface area contributed by atoms with Crippen molar-refractivity contribution >= 4 is 56.4 Å². The van der Waals surface area contributed by atoms with Crippen LogP contribution in [0.1, 0.15) is 10.4 Å². The lowest BCUT2D eigenvalue weighted by atomic mass is 10.1. The van der Waals surface area contributed by atoms with Gasteiger partial charge in [0.05, 0.1) is 27.0 Å². The summed E-state index contributed by atoms with van der Waals surface area (Å²) >= 11 is 15.4. The molecule has 2 rings (SSSR count). The Morgan fingerprint density at radius 3 is 2.45 bits per heavy atom. The average Bonchev–Trinajstić information content (AvgIpc) is 2.47. The number of halogens is 3. The molecule has 0 bridgehead atoms. The molecule has 0 saturated heterocycles. The van der Waals surface area contributed by atoms with Gasteiger partial charge >= 0.3 is 0 Å². The molecule has 0 radical (unpaired) electrons. The highest BCUT2D eigenvalue weighted by molar-refractivity contribution is 9.10. The number of benzene rings is 2. The topological polar surface area (TPSA) is 67.1 Å². The average molecular weight is 375 g/mol. The van der Waals surface area contributed by atoms with E-state index in [0.29, 0.717) is 26.4 Å². The van der Waals surface area contributed by atoms with E-state index >= 15 is 0 Å². The highest BCUT2D eigenvalue weighted by atomic mass is 79.9. The highest BCUT2D eigenvalue weighted by Gasteiger charge is 2.14. The molecule has 4 nitrogen and oxygen atoms in total. The Bertz CT molecular complexity index is 664. The number of anilines is 2. The molecule has 2 aromatic carbocycles. The van der Waals surface area contributed by atoms with Crippen molar-refractivity contribution in [1.82, 2.24) is 0 Å². The maximum Gasteiger partial charge on any atom is 0.257 e. The minimum Gasteiger partial charge on any atom is -0.323 e. The Morgan fingerprint density at radius 1 is 1.05 bits per heavy atom. The quantitative estimate of drug-likeness (QED) is 0.426. The van der Waals surface area contributed by atoms with Crippen LogP contribution in [0.3, 0.4) is 0 Å². The summed E-state index contributed by atoms with van der Waals surface area (Å²) in [5.74, 6) is 5.04. The van der Waals surface area contributed by atoms with Crippen LogP contribution >= 0.6 is 39.1 Å². The number of nitrogens with one attached hydrogen (secondary N) is 2. The third kappa shape index (κ3) is 3.07. The molecule has 0 fully saturated rings. The van der Waals surface area contributed by atoms with Crippen LogP contribution in [0, 0.1) is 0 Å². The molecule has 0 aromatic heterocycles. The summed E-state index contributed by atoms with van der Waals surface area (Å²) in [5.41, 5.74) is 3.82. The molecule has 0 atom stereocenters. The molecular weight excluding hydrogens is 365 g/mol. The zero-order valence-electron chi connectivity index (χ0n) is 10.1. The fraction of sp³-hybridized carbons (Fsp3) is 0. The van der Waals surface area contributed by atoms with E-state index in [0.717, 1.165) is 0 Å². The minimum absolute atomic E-state index is 0.271. The lowest BCUT2D eigenvalue weighted by Gasteiger charge is -2.11. The van der Waals surface area contributed by atoms with Crippen molar-refractivity contribution in [2.75, 3.05) is 10.7 Å². The van der Waals surface area contributed by atoms with Crippen molar-refractivity contribution in [2.24, 2.45) is 5.84 Å². The van der Waals surface area contributed by atoms with Gasteiger partial charge in [-0.1, -0.05) is 35.3 Å². The molecule has 4 N–H and O–H groups in total. The van der Waals surface area contributed by atoms with E-state index < -0.39 is 0 Å². The predicted molar refractivity (Wildman–Crippen MR) is 86.4 cm³/mol. The van der Waals surface area contributed by atoms with Gasteiger partial charge in [-0.15, -0.1) is 0 Å². The monoisotopic (exact) mass is 373 g/mol. The van der Waals surface area contributed by atoms with Crippen LogP contribution < -0.4 is 16.6 Å². The Balaban J connectivity index is 2.31. The van der Waals surface area contributed by atoms with Crippen LogP contribution in [0.2, 0.25) is 10.0 Å². The van der Waals surface area contributed by atoms with Gasteiger partial charge in [-0.05, 0) is 40.2 Å². The number of nitrogen functional groups attached to an aromatic ring is 1. The number of hydrogen-bond donors (Lipinski definition) is 3. The van der Waals surface area contributed by atoms with E-state index in [1.807, 2.05) is 0 Å². The normalized spacial score (nSPS) is 10.2. The smallest absolute Gasteiger partial charge is 0.257 e. The number of para-hydroxylation sites is 1. The van der Waals surface area contributed by atoms with Gasteiger partial charge in [0.1, 0.15) is 0 Å². The summed E-state index contributed by atoms with van der Waals surface area (Å²) in [5, 5.41) is 3.31. The molecule has 0 heterocycles. The van der Waals surface area contributed by atoms with Gasteiger partial charge in [0.15, 0.2) is 0 Å². The van der Waals surface area contributed by atoms with Crippen molar-refractivity contribution in [3.8, 4) is 0 Å². The van der Waals surface area contributed by atoms with Gasteiger partial charge < -0.3 is 10.7 Å². The van der Waals surface area contributed by atoms with Crippen LogP contribution in [-0.2, 0) is 0 Å². The Kier molecular flexibility index (Phi) is 4.88. The number of amides is 1. The minimum atomic E-state index is -0.334. The number of carbonyl (C=O) groups is 1. The number of hydrogen-bond acceptors (Lipinski definition) is 3. The summed E-state index contributed by atoms with van der Waals surface area (Å²) in [7, 11) is 0. The van der Waals surface area contributed by atoms with Gasteiger partial charge in [0.25, 0.3) is 5.91 Å². The molecule has 20 heavy (non-hydrogen) atoms. The largest absolute Gasteiger partial charge is 0.323 e. The van der Waals surface area contributed by atoms with Gasteiger partial charge in [0.2, 0.25) is 0 Å². The molecule has 0 aliphatic rings. The predicted octanol–water partition coefficient (Wildman–Crippen LogP) is 4.29. The molecule has 0 aliphatic carbocycles. The molecule has 0 unspecified atom stereocenters. The van der Waals surface area contributed by atoms with Crippen molar-refractivity contribution in [3.63, 3.8) is 0 Å². The third-order valence-corrected chi connectivity index (χ3v) is 4.38. The molecule has 1 amide bonds. The van der Waals surface area contributed by atoms with E-state index in [2.05, 4.69) is 26.7 Å². The summed E-state index contributed by atoms with van der Waals surface area (Å²) in [6.45, 7) is 0. The van der Waals surface area contributed by atoms with Gasteiger partial charge in [-0.2, -0.15) is 0 Å². The summed E-state index contributed by atoms with van der Waals surface area (Å²) in [6, 6.07) is 10.2. The fourth-order valence-corrected chi connectivity index (χ4v) is 2.44. The SMILES string of the molecule is NNc1ccccc1C(=O)Nc1ccc(Br)c(Cl)c1Cl. The highest BCUT2D eigenvalue weighted by Crippen LogP contribution is 2.36. The summed E-state index contributed by atoms with van der Waals surface area (Å²) in [4.78, 5) is 12.2. The lowest BCUT2D eigenvalue weighted by Crippen LogP contribution is -2.17. The second-order valence-electron chi connectivity index (χ2n) is 3.87. The molecular formula is C13H10BrCl2N3O. The maximum absolute atomic E-state index is 12.2. The van der Waals surface area contributed by atoms with E-state index in [1.165, 1.54) is 0 Å². The first kappa shape index (κ1) is 15.1. The molecule has 104 valence electrons. The standard InChI is InChI=1S/C13H10BrCl2N3O/c14-8-5-6-10(12(16)11(8)15)18-13(20)7-3-1-2-4-9(7)19-17/h1-6,19H,17H2,(H,18,20). The van der Waals surface area contributed by atoms with Crippen LogP contribution in [0.15, 0.2) is 40.9 Å². The van der Waals surface area contributed by atoms with E-state index in [4.69, 9.17) is 29.0 Å². The van der Waals surface area contributed by atoms with Gasteiger partial charge in [-0.3, -0.25) is 10.6 Å². The number of nitrogens with two attached hydrogens (primary N) is 1.